The van der Waals surface area contributed by atoms with Crippen LogP contribution in [-0.4, -0.2) is 49.6 Å². The maximum Gasteiger partial charge on any atom is 0.342 e. The molecule has 0 amide bonds. The van der Waals surface area contributed by atoms with Crippen LogP contribution in [0.15, 0.2) is 64.3 Å². The summed E-state index contributed by atoms with van der Waals surface area (Å²) in [5.74, 6) is -2.44. The molecular formula is C29H34FNO6S. The highest BCUT2D eigenvalue weighted by Crippen LogP contribution is 2.37. The molecule has 0 atom stereocenters. The second-order valence-electron chi connectivity index (χ2n) is 9.84. The summed E-state index contributed by atoms with van der Waals surface area (Å²) >= 11 is 0. The van der Waals surface area contributed by atoms with Crippen molar-refractivity contribution in [3.8, 4) is 16.9 Å². The number of likely N-dealkylation sites (N-methyl/N-ethyl adjacent to an activating group) is 1. The van der Waals surface area contributed by atoms with Crippen LogP contribution >= 0.6 is 0 Å². The number of carbonyl (C=O) groups is 1. The third-order valence-corrected chi connectivity index (χ3v) is 7.64. The van der Waals surface area contributed by atoms with Gasteiger partial charge in [-0.2, -0.15) is 0 Å². The molecule has 3 aromatic rings. The molecule has 2 aromatic carbocycles. The van der Waals surface area contributed by atoms with E-state index in [-0.39, 0.29) is 21.6 Å². The number of halogens is 1. The Morgan fingerprint density at radius 2 is 1.84 bits per heavy atom. The summed E-state index contributed by atoms with van der Waals surface area (Å²) in [7, 11) is -4.07. The Kier molecular flexibility index (Phi) is 9.17. The third-order valence-electron chi connectivity index (χ3n) is 5.91. The van der Waals surface area contributed by atoms with Crippen molar-refractivity contribution in [1.29, 1.82) is 0 Å². The van der Waals surface area contributed by atoms with Crippen molar-refractivity contribution in [2.45, 2.75) is 50.9 Å². The number of phenols is 1. The zero-order valence-electron chi connectivity index (χ0n) is 22.3. The second kappa shape index (κ2) is 12.0. The van der Waals surface area contributed by atoms with Gasteiger partial charge in [-0.05, 0) is 69.3 Å². The van der Waals surface area contributed by atoms with Gasteiger partial charge in [0.2, 0.25) is 0 Å². The summed E-state index contributed by atoms with van der Waals surface area (Å²) < 4.78 is 51.9. The maximum absolute atomic E-state index is 14.1. The first-order valence-corrected chi connectivity index (χ1v) is 14.0. The average molecular weight is 544 g/mol. The SMILES string of the molecule is CCN(CC)C/C=C\c1cc(F)ccc1S(=O)(=O)Cc1ccc(-c2ccoc2)c(O)c1C(=O)OC(C)(C)C. The van der Waals surface area contributed by atoms with E-state index in [9.17, 15) is 22.7 Å². The summed E-state index contributed by atoms with van der Waals surface area (Å²) in [5, 5.41) is 11.1. The molecule has 3 rings (SSSR count). The van der Waals surface area contributed by atoms with Crippen molar-refractivity contribution in [1.82, 2.24) is 4.90 Å². The minimum atomic E-state index is -4.07. The Morgan fingerprint density at radius 3 is 2.45 bits per heavy atom. The minimum Gasteiger partial charge on any atom is -0.506 e. The number of hydrogen-bond donors (Lipinski definition) is 1. The molecule has 9 heteroatoms. The summed E-state index contributed by atoms with van der Waals surface area (Å²) in [4.78, 5) is 15.2. The van der Waals surface area contributed by atoms with Gasteiger partial charge >= 0.3 is 5.97 Å². The van der Waals surface area contributed by atoms with E-state index in [1.54, 1.807) is 39.0 Å². The van der Waals surface area contributed by atoms with Gasteiger partial charge in [0.1, 0.15) is 22.7 Å². The summed E-state index contributed by atoms with van der Waals surface area (Å²) in [6.07, 6.45) is 6.20. The first-order valence-electron chi connectivity index (χ1n) is 12.4. The number of nitrogens with zero attached hydrogens (tertiary/aromatic N) is 1. The summed E-state index contributed by atoms with van der Waals surface area (Å²) in [6.45, 7) is 11.3. The summed E-state index contributed by atoms with van der Waals surface area (Å²) in [6, 6.07) is 8.07. The van der Waals surface area contributed by atoms with E-state index >= 15 is 0 Å². The topological polar surface area (TPSA) is 97.0 Å². The number of furan rings is 1. The van der Waals surface area contributed by atoms with E-state index in [0.717, 1.165) is 19.2 Å². The van der Waals surface area contributed by atoms with Crippen LogP contribution in [0.4, 0.5) is 4.39 Å². The van der Waals surface area contributed by atoms with E-state index in [2.05, 4.69) is 4.90 Å². The van der Waals surface area contributed by atoms with Crippen LogP contribution in [0.2, 0.25) is 0 Å². The number of phenolic OH excluding ortho intramolecular Hbond substituents is 1. The van der Waals surface area contributed by atoms with E-state index < -0.39 is 38.7 Å². The van der Waals surface area contributed by atoms with E-state index in [1.165, 1.54) is 36.8 Å². The second-order valence-corrected chi connectivity index (χ2v) is 11.8. The Bertz CT molecular complexity index is 1400. The molecule has 0 radical (unpaired) electrons. The Labute approximate surface area is 223 Å². The van der Waals surface area contributed by atoms with Crippen LogP contribution in [0.25, 0.3) is 17.2 Å². The third kappa shape index (κ3) is 7.11. The monoisotopic (exact) mass is 543 g/mol. The fourth-order valence-electron chi connectivity index (χ4n) is 3.99. The van der Waals surface area contributed by atoms with E-state index in [4.69, 9.17) is 9.15 Å². The molecule has 0 spiro atoms. The van der Waals surface area contributed by atoms with Crippen molar-refractivity contribution in [3.63, 3.8) is 0 Å². The van der Waals surface area contributed by atoms with Gasteiger partial charge in [0.25, 0.3) is 0 Å². The number of aromatic hydroxyl groups is 1. The van der Waals surface area contributed by atoms with Gasteiger partial charge in [0.15, 0.2) is 9.84 Å². The minimum absolute atomic E-state index is 0.0615. The molecule has 0 aliphatic carbocycles. The highest BCUT2D eigenvalue weighted by atomic mass is 32.2. The number of esters is 1. The largest absolute Gasteiger partial charge is 0.506 e. The number of rotatable bonds is 10. The van der Waals surface area contributed by atoms with Crippen LogP contribution in [0, 0.1) is 5.82 Å². The normalized spacial score (nSPS) is 12.4. The smallest absolute Gasteiger partial charge is 0.342 e. The fourth-order valence-corrected chi connectivity index (χ4v) is 5.55. The van der Waals surface area contributed by atoms with Crippen molar-refractivity contribution in [2.75, 3.05) is 19.6 Å². The molecule has 0 aliphatic rings. The molecule has 0 aliphatic heterocycles. The molecule has 0 fully saturated rings. The lowest BCUT2D eigenvalue weighted by atomic mass is 9.99. The molecule has 7 nitrogen and oxygen atoms in total. The van der Waals surface area contributed by atoms with E-state index in [0.29, 0.717) is 17.7 Å². The molecule has 0 unspecified atom stereocenters. The summed E-state index contributed by atoms with van der Waals surface area (Å²) in [5.41, 5.74) is -0.0570. The standard InChI is InChI=1S/C29H34FNO6S/c1-6-31(7-2)15-8-9-20-17-23(30)11-13-25(20)38(34,35)19-22-10-12-24(21-14-16-36-18-21)27(32)26(22)28(33)37-29(3,4)5/h8-14,16-18,32H,6-7,15,19H2,1-5H3/b9-8-. The van der Waals surface area contributed by atoms with Crippen LogP contribution in [0.3, 0.4) is 0 Å². The van der Waals surface area contributed by atoms with Gasteiger partial charge in [-0.1, -0.05) is 38.1 Å². The van der Waals surface area contributed by atoms with Gasteiger partial charge in [-0.15, -0.1) is 0 Å². The van der Waals surface area contributed by atoms with Crippen molar-refractivity contribution in [2.24, 2.45) is 0 Å². The predicted molar refractivity (Wildman–Crippen MR) is 145 cm³/mol. The number of ether oxygens (including phenoxy) is 1. The molecule has 1 N–H and O–H groups in total. The highest BCUT2D eigenvalue weighted by molar-refractivity contribution is 7.90. The van der Waals surface area contributed by atoms with Crippen molar-refractivity contribution >= 4 is 21.9 Å². The number of carbonyl (C=O) groups excluding carboxylic acids is 1. The molecule has 1 aromatic heterocycles. The lowest BCUT2D eigenvalue weighted by molar-refractivity contribution is 0.00659. The van der Waals surface area contributed by atoms with Gasteiger partial charge in [-0.25, -0.2) is 17.6 Å². The quantitative estimate of drug-likeness (QED) is 0.245. The van der Waals surface area contributed by atoms with Crippen LogP contribution in [-0.2, 0) is 20.3 Å². The molecule has 1 heterocycles. The van der Waals surface area contributed by atoms with Gasteiger partial charge in [-0.3, -0.25) is 0 Å². The lowest BCUT2D eigenvalue weighted by Crippen LogP contribution is -2.25. The predicted octanol–water partition coefficient (Wildman–Crippen LogP) is 6.08. The first-order chi connectivity index (χ1) is 17.9. The Balaban J connectivity index is 2.06. The molecular weight excluding hydrogens is 509 g/mol. The molecule has 0 bridgehead atoms. The lowest BCUT2D eigenvalue weighted by Gasteiger charge is -2.22. The van der Waals surface area contributed by atoms with Crippen LogP contribution < -0.4 is 0 Å². The van der Waals surface area contributed by atoms with Gasteiger partial charge < -0.3 is 19.2 Å². The first kappa shape index (κ1) is 29.1. The molecule has 0 saturated carbocycles. The van der Waals surface area contributed by atoms with Gasteiger partial charge in [0.05, 0.1) is 23.2 Å². The number of sulfone groups is 1. The zero-order chi connectivity index (χ0) is 28.1. The van der Waals surface area contributed by atoms with Crippen molar-refractivity contribution < 1.29 is 31.9 Å². The zero-order valence-corrected chi connectivity index (χ0v) is 23.1. The Hall–Kier alpha value is -3.43. The molecule has 204 valence electrons. The van der Waals surface area contributed by atoms with Crippen LogP contribution in [0.1, 0.15) is 56.1 Å². The number of benzene rings is 2. The Morgan fingerprint density at radius 1 is 1.13 bits per heavy atom. The average Bonchev–Trinajstić information content (AvgIpc) is 3.35. The maximum atomic E-state index is 14.1. The molecule has 38 heavy (non-hydrogen) atoms. The van der Waals surface area contributed by atoms with Crippen molar-refractivity contribution in [3.05, 3.63) is 77.5 Å². The van der Waals surface area contributed by atoms with Gasteiger partial charge in [0, 0.05) is 17.7 Å². The highest BCUT2D eigenvalue weighted by Gasteiger charge is 2.29. The fraction of sp³-hybridized carbons (Fsp3) is 0.345. The molecule has 0 saturated heterocycles. The van der Waals surface area contributed by atoms with Crippen LogP contribution in [0.5, 0.6) is 5.75 Å². The van der Waals surface area contributed by atoms with E-state index in [1.807, 2.05) is 13.8 Å². The number of hydrogen-bond acceptors (Lipinski definition) is 7.